The predicted octanol–water partition coefficient (Wildman–Crippen LogP) is 1.50. The highest BCUT2D eigenvalue weighted by Gasteiger charge is 2.07. The van der Waals surface area contributed by atoms with Crippen molar-refractivity contribution in [3.63, 3.8) is 0 Å². The number of nitrogens with one attached hydrogen (secondary N) is 4. The molecule has 4 amide bonds. The van der Waals surface area contributed by atoms with E-state index in [9.17, 15) is 14.4 Å². The zero-order valence-electron chi connectivity index (χ0n) is 14.0. The van der Waals surface area contributed by atoms with Crippen LogP contribution in [-0.4, -0.2) is 37.5 Å². The summed E-state index contributed by atoms with van der Waals surface area (Å²) in [5.41, 5.74) is 1.07. The molecule has 0 unspecified atom stereocenters. The van der Waals surface area contributed by atoms with Gasteiger partial charge in [0.25, 0.3) is 5.91 Å². The fourth-order valence-corrected chi connectivity index (χ4v) is 1.71. The van der Waals surface area contributed by atoms with Crippen molar-refractivity contribution in [3.05, 3.63) is 42.5 Å². The maximum atomic E-state index is 11.7. The molecule has 24 heavy (non-hydrogen) atoms. The van der Waals surface area contributed by atoms with Crippen LogP contribution in [0.1, 0.15) is 24.2 Å². The molecule has 1 rings (SSSR count). The molecule has 0 spiro atoms. The van der Waals surface area contributed by atoms with Crippen molar-refractivity contribution < 1.29 is 14.4 Å². The number of amides is 4. The summed E-state index contributed by atoms with van der Waals surface area (Å²) in [4.78, 5) is 34.8. The fourth-order valence-electron chi connectivity index (χ4n) is 1.71. The Morgan fingerprint density at radius 2 is 1.67 bits per heavy atom. The zero-order chi connectivity index (χ0) is 17.9. The third-order valence-corrected chi connectivity index (χ3v) is 3.05. The molecular weight excluding hydrogens is 308 g/mol. The van der Waals surface area contributed by atoms with Crippen molar-refractivity contribution in [3.8, 4) is 0 Å². The first-order chi connectivity index (χ1) is 11.4. The number of rotatable bonds is 8. The standard InChI is InChI=1S/C17H24N4O3/c1-4-9-18-16(23)13-5-7-14(8-6-13)21-17(24)20-11-10-19-15(22)12(2)3/h4-8,12H,1,9-11H2,2-3H3,(H,18,23)(H,19,22)(H2,20,21,24). The molecule has 7 nitrogen and oxygen atoms in total. The van der Waals surface area contributed by atoms with E-state index in [2.05, 4.69) is 27.8 Å². The Morgan fingerprint density at radius 1 is 1.04 bits per heavy atom. The van der Waals surface area contributed by atoms with Crippen LogP contribution >= 0.6 is 0 Å². The van der Waals surface area contributed by atoms with E-state index in [1.807, 2.05) is 0 Å². The minimum absolute atomic E-state index is 0.0532. The van der Waals surface area contributed by atoms with Crippen LogP contribution in [0.5, 0.6) is 0 Å². The van der Waals surface area contributed by atoms with Crippen molar-refractivity contribution in [2.75, 3.05) is 25.0 Å². The van der Waals surface area contributed by atoms with E-state index in [0.29, 0.717) is 30.9 Å². The third kappa shape index (κ3) is 6.95. The first-order valence-corrected chi connectivity index (χ1v) is 7.75. The van der Waals surface area contributed by atoms with Crippen LogP contribution in [0.4, 0.5) is 10.5 Å². The van der Waals surface area contributed by atoms with Crippen molar-refractivity contribution in [1.29, 1.82) is 0 Å². The number of hydrogen-bond donors (Lipinski definition) is 4. The molecule has 0 aromatic heterocycles. The van der Waals surface area contributed by atoms with Crippen molar-refractivity contribution in [2.24, 2.45) is 5.92 Å². The monoisotopic (exact) mass is 332 g/mol. The van der Waals surface area contributed by atoms with Crippen LogP contribution in [-0.2, 0) is 4.79 Å². The first kappa shape index (κ1) is 19.2. The Labute approximate surface area is 141 Å². The molecule has 0 aliphatic rings. The normalized spacial score (nSPS) is 9.96. The Kier molecular flexibility index (Phi) is 8.04. The minimum Gasteiger partial charge on any atom is -0.354 e. The van der Waals surface area contributed by atoms with E-state index in [1.165, 1.54) is 0 Å². The Hall–Kier alpha value is -2.83. The lowest BCUT2D eigenvalue weighted by atomic mass is 10.2. The molecule has 0 fully saturated rings. The van der Waals surface area contributed by atoms with Gasteiger partial charge < -0.3 is 21.3 Å². The second kappa shape index (κ2) is 10.0. The number of benzene rings is 1. The average Bonchev–Trinajstić information content (AvgIpc) is 2.56. The van der Waals surface area contributed by atoms with E-state index < -0.39 is 0 Å². The van der Waals surface area contributed by atoms with Crippen LogP contribution in [0.3, 0.4) is 0 Å². The quantitative estimate of drug-likeness (QED) is 0.429. The number of hydrogen-bond acceptors (Lipinski definition) is 3. The van der Waals surface area contributed by atoms with Gasteiger partial charge in [0.2, 0.25) is 5.91 Å². The highest BCUT2D eigenvalue weighted by molar-refractivity contribution is 5.95. The van der Waals surface area contributed by atoms with Gasteiger partial charge in [-0.25, -0.2) is 4.79 Å². The van der Waals surface area contributed by atoms with Gasteiger partial charge in [0.15, 0.2) is 0 Å². The molecule has 0 atom stereocenters. The Morgan fingerprint density at radius 3 is 2.25 bits per heavy atom. The summed E-state index contributed by atoms with van der Waals surface area (Å²) in [6.07, 6.45) is 1.60. The van der Waals surface area contributed by atoms with Gasteiger partial charge >= 0.3 is 6.03 Å². The maximum absolute atomic E-state index is 11.7. The molecule has 0 saturated carbocycles. The summed E-state index contributed by atoms with van der Waals surface area (Å²) in [5, 5.41) is 10.7. The van der Waals surface area contributed by atoms with E-state index in [1.54, 1.807) is 44.2 Å². The molecule has 130 valence electrons. The number of urea groups is 1. The van der Waals surface area contributed by atoms with E-state index in [0.717, 1.165) is 0 Å². The Balaban J connectivity index is 2.35. The molecule has 4 N–H and O–H groups in total. The summed E-state index contributed by atoms with van der Waals surface area (Å²) < 4.78 is 0. The molecule has 0 heterocycles. The molecule has 0 aliphatic heterocycles. The van der Waals surface area contributed by atoms with E-state index >= 15 is 0 Å². The topological polar surface area (TPSA) is 99.3 Å². The SMILES string of the molecule is C=CCNC(=O)c1ccc(NC(=O)NCCNC(=O)C(C)C)cc1. The second-order valence-electron chi connectivity index (χ2n) is 5.40. The third-order valence-electron chi connectivity index (χ3n) is 3.05. The maximum Gasteiger partial charge on any atom is 0.319 e. The van der Waals surface area contributed by atoms with E-state index in [4.69, 9.17) is 0 Å². The largest absolute Gasteiger partial charge is 0.354 e. The van der Waals surface area contributed by atoms with Crippen LogP contribution in [0.2, 0.25) is 0 Å². The summed E-state index contributed by atoms with van der Waals surface area (Å²) >= 11 is 0. The second-order valence-corrected chi connectivity index (χ2v) is 5.40. The van der Waals surface area contributed by atoms with Gasteiger partial charge in [-0.3, -0.25) is 9.59 Å². The number of carbonyl (C=O) groups is 3. The van der Waals surface area contributed by atoms with E-state index in [-0.39, 0.29) is 23.8 Å². The lowest BCUT2D eigenvalue weighted by Gasteiger charge is -2.10. The lowest BCUT2D eigenvalue weighted by molar-refractivity contribution is -0.123. The van der Waals surface area contributed by atoms with Gasteiger partial charge in [-0.05, 0) is 24.3 Å². The highest BCUT2D eigenvalue weighted by Crippen LogP contribution is 2.09. The van der Waals surface area contributed by atoms with Crippen LogP contribution in [0.25, 0.3) is 0 Å². The Bertz CT molecular complexity index is 582. The summed E-state index contributed by atoms with van der Waals surface area (Å²) in [5.74, 6) is -0.338. The first-order valence-electron chi connectivity index (χ1n) is 7.75. The van der Waals surface area contributed by atoms with Crippen molar-refractivity contribution in [1.82, 2.24) is 16.0 Å². The minimum atomic E-state index is -0.377. The van der Waals surface area contributed by atoms with Crippen LogP contribution < -0.4 is 21.3 Å². The van der Waals surface area contributed by atoms with Crippen molar-refractivity contribution >= 4 is 23.5 Å². The van der Waals surface area contributed by atoms with Gasteiger partial charge in [-0.2, -0.15) is 0 Å². The molecule has 0 bridgehead atoms. The predicted molar refractivity (Wildman–Crippen MR) is 93.8 cm³/mol. The van der Waals surface area contributed by atoms with Gasteiger partial charge in [-0.15, -0.1) is 6.58 Å². The summed E-state index contributed by atoms with van der Waals surface area (Å²) in [6.45, 7) is 8.23. The molecule has 1 aromatic rings. The molecule has 1 aromatic carbocycles. The summed E-state index contributed by atoms with van der Waals surface area (Å²) in [7, 11) is 0. The smallest absolute Gasteiger partial charge is 0.319 e. The highest BCUT2D eigenvalue weighted by atomic mass is 16.2. The van der Waals surface area contributed by atoms with Crippen LogP contribution in [0.15, 0.2) is 36.9 Å². The van der Waals surface area contributed by atoms with Gasteiger partial charge in [-0.1, -0.05) is 19.9 Å². The van der Waals surface area contributed by atoms with Gasteiger partial charge in [0.05, 0.1) is 0 Å². The molecule has 0 radical (unpaired) electrons. The molecule has 0 aliphatic carbocycles. The van der Waals surface area contributed by atoms with Crippen LogP contribution in [0, 0.1) is 5.92 Å². The molecule has 7 heteroatoms. The zero-order valence-corrected chi connectivity index (χ0v) is 14.0. The number of anilines is 1. The summed E-state index contributed by atoms with van der Waals surface area (Å²) in [6, 6.07) is 6.15. The molecule has 0 saturated heterocycles. The molecular formula is C17H24N4O3. The van der Waals surface area contributed by atoms with Gasteiger partial charge in [0.1, 0.15) is 0 Å². The van der Waals surface area contributed by atoms with Gasteiger partial charge in [0, 0.05) is 36.8 Å². The average molecular weight is 332 g/mol. The number of carbonyl (C=O) groups excluding carboxylic acids is 3. The van der Waals surface area contributed by atoms with Crippen molar-refractivity contribution in [2.45, 2.75) is 13.8 Å². The lowest BCUT2D eigenvalue weighted by Crippen LogP contribution is -2.38. The fraction of sp³-hybridized carbons (Fsp3) is 0.353.